The number of halogens is 2. The summed E-state index contributed by atoms with van der Waals surface area (Å²) in [5.41, 5.74) is 3.47. The number of nitro benzene ring substituents is 1. The van der Waals surface area contributed by atoms with Crippen molar-refractivity contribution in [3.05, 3.63) is 135 Å². The molecule has 77 heavy (non-hydrogen) atoms. The second kappa shape index (κ2) is 20.8. The van der Waals surface area contributed by atoms with E-state index < -0.39 is 55.5 Å². The highest BCUT2D eigenvalue weighted by molar-refractivity contribution is 7.90. The van der Waals surface area contributed by atoms with E-state index in [4.69, 9.17) is 14.2 Å². The molecule has 17 nitrogen and oxygen atoms in total. The number of aliphatic hydroxyl groups is 1. The number of anilines is 2. The molecule has 2 aliphatic carbocycles. The van der Waals surface area contributed by atoms with Gasteiger partial charge in [-0.15, -0.1) is 0 Å². The SMILES string of the molecule is CC(C)c1ccccc1[C@@H]1CN(Cc2ccc(F)c(F)c2)CCN1C1CC2(CCN(c3ccc(C(=O)NS(=O)(=O)c4cc([N+](=O)[O-])c(NCC5CCC(C)(O)CC5)c5c4OCO5)c(Oc4cnc5[nH]ccc5c4)c3)CC2)C1. The first kappa shape index (κ1) is 52.2. The van der Waals surface area contributed by atoms with Gasteiger partial charge >= 0.3 is 0 Å². The van der Waals surface area contributed by atoms with Crippen molar-refractivity contribution in [3.8, 4) is 23.0 Å². The number of hydrogen-bond donors (Lipinski definition) is 4. The first-order valence-electron chi connectivity index (χ1n) is 26.6. The Morgan fingerprint density at radius 3 is 2.48 bits per heavy atom. The van der Waals surface area contributed by atoms with E-state index in [0.29, 0.717) is 62.1 Å². The van der Waals surface area contributed by atoms with Crippen LogP contribution in [0.2, 0.25) is 0 Å². The molecule has 4 fully saturated rings. The molecule has 4 N–H and O–H groups in total. The van der Waals surface area contributed by atoms with Gasteiger partial charge in [0.25, 0.3) is 21.6 Å². The zero-order chi connectivity index (χ0) is 53.8. The number of piperazine rings is 1. The minimum absolute atomic E-state index is 0.0307. The lowest BCUT2D eigenvalue weighted by atomic mass is 9.59. The maximum absolute atomic E-state index is 14.3. The number of pyridine rings is 1. The molecule has 2 saturated heterocycles. The van der Waals surface area contributed by atoms with Crippen molar-refractivity contribution in [3.63, 3.8) is 0 Å². The molecule has 5 aliphatic rings. The Kier molecular flexibility index (Phi) is 14.1. The summed E-state index contributed by atoms with van der Waals surface area (Å²) in [6, 6.07) is 22.8. The number of rotatable bonds is 15. The number of carbonyl (C=O) groups is 1. The number of amides is 1. The van der Waals surface area contributed by atoms with Crippen LogP contribution in [0.3, 0.4) is 0 Å². The van der Waals surface area contributed by atoms with Gasteiger partial charge in [0.15, 0.2) is 28.8 Å². The third-order valence-corrected chi connectivity index (χ3v) is 18.1. The summed E-state index contributed by atoms with van der Waals surface area (Å²) in [6.45, 7) is 10.6. The molecule has 0 unspecified atom stereocenters. The fourth-order valence-electron chi connectivity index (χ4n) is 12.4. The molecule has 1 amide bonds. The lowest BCUT2D eigenvalue weighted by Gasteiger charge is -2.58. The molecule has 1 atom stereocenters. The molecule has 2 saturated carbocycles. The molecular weight excluding hydrogens is 1010 g/mol. The average molecular weight is 1080 g/mol. The average Bonchev–Trinajstić information content (AvgIpc) is 4.17. The zero-order valence-corrected chi connectivity index (χ0v) is 44.2. The Balaban J connectivity index is 0.803. The standard InChI is InChI=1S/C57H64F2N8O9S/c1-35(2)42-6-4-5-7-43(42)48-33-64(32-37-8-11-45(58)46(59)24-37)22-23-66(48)40-28-57(29-40)17-20-65(21-18-57)39-9-10-44(49(26-39)76-41-25-38-14-19-60-54(38)62-31-41)55(68)63-77(72,73)50-27-47(67(70)71)51(53-52(50)74-34-75-53)61-30-36-12-15-56(3,69)16-13-36/h4-11,14,19,24-27,31,35-36,40,48,61,69H,12-13,15-18,20-23,28-30,32-34H2,1-3H3,(H,60,62)(H,63,68)/t36?,48-,56?/m0/s1. The third kappa shape index (κ3) is 10.8. The van der Waals surface area contributed by atoms with Gasteiger partial charge in [-0.2, -0.15) is 0 Å². The van der Waals surface area contributed by atoms with Gasteiger partial charge in [-0.1, -0.05) is 44.2 Å². The van der Waals surface area contributed by atoms with Crippen LogP contribution in [0.4, 0.5) is 25.8 Å². The zero-order valence-electron chi connectivity index (χ0n) is 43.4. The fraction of sp³-hybridized carbons (Fsp3) is 0.439. The number of H-pyrrole nitrogens is 1. The fourth-order valence-corrected chi connectivity index (χ4v) is 13.5. The Labute approximate surface area is 446 Å². The summed E-state index contributed by atoms with van der Waals surface area (Å²) in [5.74, 6) is -2.31. The molecule has 3 aliphatic heterocycles. The van der Waals surface area contributed by atoms with E-state index in [1.807, 2.05) is 6.07 Å². The highest BCUT2D eigenvalue weighted by atomic mass is 32.2. The number of benzene rings is 4. The first-order chi connectivity index (χ1) is 36.9. The highest BCUT2D eigenvalue weighted by Crippen LogP contribution is 2.54. The van der Waals surface area contributed by atoms with E-state index in [-0.39, 0.29) is 45.9 Å². The maximum atomic E-state index is 14.3. The number of hydrogen-bond acceptors (Lipinski definition) is 14. The molecule has 1 spiro atoms. The minimum Gasteiger partial charge on any atom is -0.455 e. The second-order valence-electron chi connectivity index (χ2n) is 22.3. The molecule has 6 aromatic rings. The van der Waals surface area contributed by atoms with E-state index >= 15 is 0 Å². The largest absolute Gasteiger partial charge is 0.455 e. The Hall–Kier alpha value is -6.87. The van der Waals surface area contributed by atoms with E-state index in [2.05, 4.69) is 72.8 Å². The summed E-state index contributed by atoms with van der Waals surface area (Å²) < 4.78 is 76.4. The molecule has 0 radical (unpaired) electrons. The Morgan fingerprint density at radius 2 is 1.73 bits per heavy atom. The molecule has 406 valence electrons. The lowest BCUT2D eigenvalue weighted by Crippen LogP contribution is -2.60. The van der Waals surface area contributed by atoms with Crippen LogP contribution in [0.15, 0.2) is 96.2 Å². The molecular formula is C57H64F2N8O9S. The number of aromatic nitrogens is 2. The third-order valence-electron chi connectivity index (χ3n) is 16.7. The highest BCUT2D eigenvalue weighted by Gasteiger charge is 2.50. The van der Waals surface area contributed by atoms with E-state index in [0.717, 1.165) is 81.1 Å². The monoisotopic (exact) mass is 1070 g/mol. The van der Waals surface area contributed by atoms with Gasteiger partial charge < -0.3 is 34.5 Å². The summed E-state index contributed by atoms with van der Waals surface area (Å²) in [6.07, 6.45) is 9.79. The van der Waals surface area contributed by atoms with Crippen LogP contribution in [0.5, 0.6) is 23.0 Å². The van der Waals surface area contributed by atoms with Crippen molar-refractivity contribution in [1.82, 2.24) is 24.5 Å². The number of nitro groups is 1. The number of ether oxygens (including phenoxy) is 3. The number of nitrogens with one attached hydrogen (secondary N) is 3. The van der Waals surface area contributed by atoms with Gasteiger partial charge in [0, 0.05) is 87.3 Å². The normalized spacial score (nSPS) is 21.8. The van der Waals surface area contributed by atoms with Crippen LogP contribution in [0.25, 0.3) is 11.0 Å². The van der Waals surface area contributed by atoms with Crippen molar-refractivity contribution < 1.29 is 46.2 Å². The Morgan fingerprint density at radius 1 is 0.961 bits per heavy atom. The molecule has 0 bridgehead atoms. The van der Waals surface area contributed by atoms with E-state index in [1.165, 1.54) is 35.5 Å². The number of aromatic amines is 1. The first-order valence-corrected chi connectivity index (χ1v) is 28.0. The summed E-state index contributed by atoms with van der Waals surface area (Å²) >= 11 is 0. The van der Waals surface area contributed by atoms with Crippen molar-refractivity contribution in [2.75, 3.05) is 56.3 Å². The van der Waals surface area contributed by atoms with E-state index in [1.54, 1.807) is 37.4 Å². The topological polar surface area (TPSA) is 205 Å². The van der Waals surface area contributed by atoms with Crippen LogP contribution in [-0.2, 0) is 16.6 Å². The van der Waals surface area contributed by atoms with Crippen LogP contribution >= 0.6 is 0 Å². The molecule has 5 heterocycles. The van der Waals surface area contributed by atoms with E-state index in [9.17, 15) is 37.2 Å². The van der Waals surface area contributed by atoms with Crippen LogP contribution in [0, 0.1) is 33.1 Å². The summed E-state index contributed by atoms with van der Waals surface area (Å²) in [5, 5.41) is 26.8. The smallest absolute Gasteiger partial charge is 0.297 e. The molecule has 11 rings (SSSR count). The quantitative estimate of drug-likeness (QED) is 0.0558. The summed E-state index contributed by atoms with van der Waals surface area (Å²) in [7, 11) is -4.84. The molecule has 2 aromatic heterocycles. The number of carbonyl (C=O) groups excluding carboxylic acids is 1. The lowest BCUT2D eigenvalue weighted by molar-refractivity contribution is -0.384. The number of nitrogens with zero attached hydrogens (tertiary/aromatic N) is 5. The van der Waals surface area contributed by atoms with Crippen LogP contribution < -0.4 is 29.1 Å². The summed E-state index contributed by atoms with van der Waals surface area (Å²) in [4.78, 5) is 40.3. The maximum Gasteiger partial charge on any atom is 0.297 e. The minimum atomic E-state index is -4.84. The predicted octanol–water partition coefficient (Wildman–Crippen LogP) is 10.2. The van der Waals surface area contributed by atoms with Crippen molar-refractivity contribution in [1.29, 1.82) is 0 Å². The molecule has 20 heteroatoms. The van der Waals surface area contributed by atoms with Gasteiger partial charge in [-0.05, 0) is 129 Å². The predicted molar refractivity (Wildman–Crippen MR) is 286 cm³/mol. The molecule has 4 aromatic carbocycles. The van der Waals surface area contributed by atoms with Gasteiger partial charge in [0.1, 0.15) is 22.0 Å². The van der Waals surface area contributed by atoms with Crippen molar-refractivity contribution in [2.24, 2.45) is 11.3 Å². The van der Waals surface area contributed by atoms with Gasteiger partial charge in [0.2, 0.25) is 6.79 Å². The number of piperidine rings is 1. The number of sulfonamides is 1. The van der Waals surface area contributed by atoms with Crippen molar-refractivity contribution >= 4 is 44.0 Å². The van der Waals surface area contributed by atoms with Gasteiger partial charge in [-0.25, -0.2) is 26.9 Å². The van der Waals surface area contributed by atoms with Crippen LogP contribution in [0.1, 0.15) is 111 Å². The Bertz CT molecular complexity index is 3330. The van der Waals surface area contributed by atoms with Gasteiger partial charge in [-0.3, -0.25) is 24.7 Å². The van der Waals surface area contributed by atoms with Crippen molar-refractivity contribution in [2.45, 2.75) is 107 Å². The second-order valence-corrected chi connectivity index (χ2v) is 23.9. The van der Waals surface area contributed by atoms with Gasteiger partial charge in [0.05, 0.1) is 22.3 Å². The number of fused-ring (bicyclic) bond motifs is 2. The van der Waals surface area contributed by atoms with Crippen LogP contribution in [-0.4, -0.2) is 102 Å².